The Balaban J connectivity index is 2.01. The molecule has 2 amide bonds. The summed E-state index contributed by atoms with van der Waals surface area (Å²) in [5.74, 6) is 0.610. The summed E-state index contributed by atoms with van der Waals surface area (Å²) < 4.78 is 1.71. The first kappa shape index (κ1) is 21.6. The number of amides is 2. The second-order valence-corrected chi connectivity index (χ2v) is 7.60. The van der Waals surface area contributed by atoms with Gasteiger partial charge in [0.1, 0.15) is 5.82 Å². The highest BCUT2D eigenvalue weighted by Gasteiger charge is 2.25. The van der Waals surface area contributed by atoms with E-state index in [9.17, 15) is 9.59 Å². The third-order valence-electron chi connectivity index (χ3n) is 5.49. The fraction of sp³-hybridized carbons (Fsp3) is 0.375. The zero-order valence-corrected chi connectivity index (χ0v) is 18.4. The third kappa shape index (κ3) is 4.08. The lowest BCUT2D eigenvalue weighted by Gasteiger charge is -2.30. The van der Waals surface area contributed by atoms with E-state index in [0.717, 1.165) is 23.2 Å². The highest BCUT2D eigenvalue weighted by atomic mass is 16.2. The van der Waals surface area contributed by atoms with E-state index >= 15 is 0 Å². The molecule has 0 aliphatic carbocycles. The largest absolute Gasteiger partial charge is 0.322 e. The standard InChI is InChI=1S/C24H30N4O2/c1-6-15-28-22(25-20-14-9-8-13-19(20)23(28)29)18(5)27(7-2)24(30)26-21-16(3)11-10-12-17(21)4/h8-14,18H,6-7,15H2,1-5H3,(H,26,30). The van der Waals surface area contributed by atoms with Crippen LogP contribution >= 0.6 is 0 Å². The Kier molecular flexibility index (Phi) is 6.55. The molecule has 1 N–H and O–H groups in total. The van der Waals surface area contributed by atoms with Gasteiger partial charge >= 0.3 is 6.03 Å². The lowest BCUT2D eigenvalue weighted by molar-refractivity contribution is 0.192. The highest BCUT2D eigenvalue weighted by Crippen LogP contribution is 2.24. The second kappa shape index (κ2) is 9.11. The van der Waals surface area contributed by atoms with Crippen molar-refractivity contribution in [3.63, 3.8) is 0 Å². The van der Waals surface area contributed by atoms with Gasteiger partial charge in [0.2, 0.25) is 0 Å². The predicted octanol–water partition coefficient (Wildman–Crippen LogP) is 5.04. The maximum atomic E-state index is 13.2. The van der Waals surface area contributed by atoms with E-state index in [-0.39, 0.29) is 17.6 Å². The minimum Gasteiger partial charge on any atom is -0.315 e. The predicted molar refractivity (Wildman–Crippen MR) is 122 cm³/mol. The molecule has 0 bridgehead atoms. The molecule has 0 saturated heterocycles. The molecule has 1 unspecified atom stereocenters. The molecule has 0 aliphatic rings. The number of para-hydroxylation sites is 2. The van der Waals surface area contributed by atoms with Crippen LogP contribution in [-0.2, 0) is 6.54 Å². The van der Waals surface area contributed by atoms with E-state index in [1.54, 1.807) is 15.5 Å². The number of aryl methyl sites for hydroxylation is 2. The molecule has 1 atom stereocenters. The Bertz CT molecular complexity index is 1100. The lowest BCUT2D eigenvalue weighted by Crippen LogP contribution is -2.40. The molecule has 1 heterocycles. The van der Waals surface area contributed by atoms with Gasteiger partial charge in [0.05, 0.1) is 16.9 Å². The van der Waals surface area contributed by atoms with Crippen molar-refractivity contribution in [3.05, 3.63) is 69.8 Å². The van der Waals surface area contributed by atoms with Gasteiger partial charge in [-0.1, -0.05) is 37.3 Å². The summed E-state index contributed by atoms with van der Waals surface area (Å²) in [6, 6.07) is 12.7. The SMILES string of the molecule is CCCn1c(C(C)N(CC)C(=O)Nc2c(C)cccc2C)nc2ccccc2c1=O. The monoisotopic (exact) mass is 406 g/mol. The molecule has 0 spiro atoms. The number of aromatic nitrogens is 2. The molecule has 0 radical (unpaired) electrons. The molecule has 0 aliphatic heterocycles. The number of hydrogen-bond acceptors (Lipinski definition) is 3. The van der Waals surface area contributed by atoms with Crippen LogP contribution in [0.3, 0.4) is 0 Å². The van der Waals surface area contributed by atoms with Crippen LogP contribution in [-0.4, -0.2) is 27.0 Å². The molecule has 30 heavy (non-hydrogen) atoms. The number of benzene rings is 2. The molecular formula is C24H30N4O2. The Labute approximate surface area is 177 Å². The summed E-state index contributed by atoms with van der Waals surface area (Å²) >= 11 is 0. The van der Waals surface area contributed by atoms with E-state index in [1.807, 2.05) is 71.0 Å². The van der Waals surface area contributed by atoms with Crippen LogP contribution in [0.4, 0.5) is 10.5 Å². The van der Waals surface area contributed by atoms with Gasteiger partial charge in [0.25, 0.3) is 5.56 Å². The van der Waals surface area contributed by atoms with Crippen molar-refractivity contribution in [2.45, 2.75) is 53.6 Å². The topological polar surface area (TPSA) is 67.2 Å². The molecular weight excluding hydrogens is 376 g/mol. The number of rotatable bonds is 6. The summed E-state index contributed by atoms with van der Waals surface area (Å²) in [4.78, 5) is 32.8. The third-order valence-corrected chi connectivity index (χ3v) is 5.49. The Morgan fingerprint density at radius 3 is 2.40 bits per heavy atom. The van der Waals surface area contributed by atoms with Crippen LogP contribution in [0.2, 0.25) is 0 Å². The molecule has 1 aromatic heterocycles. The zero-order chi connectivity index (χ0) is 21.8. The molecule has 158 valence electrons. The molecule has 0 fully saturated rings. The van der Waals surface area contributed by atoms with Crippen LogP contribution in [0.25, 0.3) is 10.9 Å². The summed E-state index contributed by atoms with van der Waals surface area (Å²) in [6.07, 6.45) is 0.806. The molecule has 2 aromatic carbocycles. The average molecular weight is 407 g/mol. The average Bonchev–Trinajstić information content (AvgIpc) is 2.73. The number of nitrogens with zero attached hydrogens (tertiary/aromatic N) is 3. The number of anilines is 1. The van der Waals surface area contributed by atoms with Gasteiger partial charge in [-0.15, -0.1) is 0 Å². The molecule has 3 aromatic rings. The lowest BCUT2D eigenvalue weighted by atomic mass is 10.1. The molecule has 3 rings (SSSR count). The van der Waals surface area contributed by atoms with Gasteiger partial charge in [-0.2, -0.15) is 0 Å². The normalized spacial score (nSPS) is 12.0. The summed E-state index contributed by atoms with van der Waals surface area (Å²) in [6.45, 7) is 10.9. The van der Waals surface area contributed by atoms with Crippen molar-refractivity contribution < 1.29 is 4.79 Å². The first-order valence-electron chi connectivity index (χ1n) is 10.5. The van der Waals surface area contributed by atoms with Crippen LogP contribution < -0.4 is 10.9 Å². The zero-order valence-electron chi connectivity index (χ0n) is 18.4. The van der Waals surface area contributed by atoms with E-state index in [1.165, 1.54) is 0 Å². The summed E-state index contributed by atoms with van der Waals surface area (Å²) in [5, 5.41) is 3.66. The van der Waals surface area contributed by atoms with Gasteiger partial charge < -0.3 is 10.2 Å². The van der Waals surface area contributed by atoms with Gasteiger partial charge in [-0.25, -0.2) is 9.78 Å². The number of fused-ring (bicyclic) bond motifs is 1. The van der Waals surface area contributed by atoms with E-state index in [4.69, 9.17) is 4.98 Å². The number of carbonyl (C=O) groups is 1. The smallest absolute Gasteiger partial charge is 0.315 e. The van der Waals surface area contributed by atoms with E-state index in [2.05, 4.69) is 5.32 Å². The maximum absolute atomic E-state index is 13.2. The van der Waals surface area contributed by atoms with Gasteiger partial charge in [-0.3, -0.25) is 9.36 Å². The Morgan fingerprint density at radius 1 is 1.10 bits per heavy atom. The van der Waals surface area contributed by atoms with Crippen LogP contribution in [0.15, 0.2) is 47.3 Å². The van der Waals surface area contributed by atoms with Crippen molar-refractivity contribution in [2.24, 2.45) is 0 Å². The number of hydrogen-bond donors (Lipinski definition) is 1. The quantitative estimate of drug-likeness (QED) is 0.624. The maximum Gasteiger partial charge on any atom is 0.322 e. The van der Waals surface area contributed by atoms with Crippen molar-refractivity contribution in [3.8, 4) is 0 Å². The number of urea groups is 1. The molecule has 6 nitrogen and oxygen atoms in total. The van der Waals surface area contributed by atoms with Gasteiger partial charge in [0, 0.05) is 18.8 Å². The molecule has 6 heteroatoms. The van der Waals surface area contributed by atoms with Crippen LogP contribution in [0, 0.1) is 13.8 Å². The van der Waals surface area contributed by atoms with Gasteiger partial charge in [0.15, 0.2) is 0 Å². The van der Waals surface area contributed by atoms with Gasteiger partial charge in [-0.05, 0) is 57.4 Å². The molecule has 0 saturated carbocycles. The van der Waals surface area contributed by atoms with Crippen LogP contribution in [0.1, 0.15) is 50.2 Å². The van der Waals surface area contributed by atoms with E-state index < -0.39 is 0 Å². The van der Waals surface area contributed by atoms with E-state index in [0.29, 0.717) is 29.8 Å². The van der Waals surface area contributed by atoms with Crippen molar-refractivity contribution in [1.29, 1.82) is 0 Å². The van der Waals surface area contributed by atoms with Crippen molar-refractivity contribution in [1.82, 2.24) is 14.5 Å². The fourth-order valence-electron chi connectivity index (χ4n) is 3.87. The van der Waals surface area contributed by atoms with Crippen molar-refractivity contribution >= 4 is 22.6 Å². The first-order valence-corrected chi connectivity index (χ1v) is 10.5. The fourth-order valence-corrected chi connectivity index (χ4v) is 3.87. The highest BCUT2D eigenvalue weighted by molar-refractivity contribution is 5.91. The number of carbonyl (C=O) groups excluding carboxylic acids is 1. The Morgan fingerprint density at radius 2 is 1.77 bits per heavy atom. The summed E-state index contributed by atoms with van der Waals surface area (Å²) in [5.41, 5.74) is 3.45. The van der Waals surface area contributed by atoms with Crippen molar-refractivity contribution in [2.75, 3.05) is 11.9 Å². The minimum absolute atomic E-state index is 0.0597. The summed E-state index contributed by atoms with van der Waals surface area (Å²) in [7, 11) is 0. The number of nitrogens with one attached hydrogen (secondary N) is 1. The minimum atomic E-state index is -0.358. The second-order valence-electron chi connectivity index (χ2n) is 7.60. The first-order chi connectivity index (χ1) is 14.4. The Hall–Kier alpha value is -3.15. The van der Waals surface area contributed by atoms with Crippen LogP contribution in [0.5, 0.6) is 0 Å².